The lowest BCUT2D eigenvalue weighted by atomic mass is 9.82. The van der Waals surface area contributed by atoms with Gasteiger partial charge in [0.1, 0.15) is 5.75 Å². The number of likely N-dealkylation sites (tertiary alicyclic amines) is 1. The Hall–Kier alpha value is -1.54. The summed E-state index contributed by atoms with van der Waals surface area (Å²) in [5.74, 6) is -0.0347. The Kier molecular flexibility index (Phi) is 3.81. The molecule has 0 aromatic heterocycles. The van der Waals surface area contributed by atoms with Crippen molar-refractivity contribution < 1.29 is 9.90 Å². The van der Waals surface area contributed by atoms with Crippen LogP contribution in [0.5, 0.6) is 5.75 Å². The van der Waals surface area contributed by atoms with Crippen molar-refractivity contribution in [2.24, 2.45) is 5.41 Å². The molecule has 2 rings (SSSR count). The molecule has 1 heterocycles. The molecule has 5 heteroatoms. The number of piperidine rings is 1. The molecule has 0 atom stereocenters. The van der Waals surface area contributed by atoms with Gasteiger partial charge in [-0.1, -0.05) is 0 Å². The lowest BCUT2D eigenvalue weighted by Gasteiger charge is -2.35. The average molecular weight is 323 g/mol. The number of aromatic hydroxyl groups is 1. The van der Waals surface area contributed by atoms with Crippen LogP contribution in [0.4, 0.5) is 0 Å². The average Bonchev–Trinajstić information content (AvgIpc) is 2.42. The maximum atomic E-state index is 12.3. The van der Waals surface area contributed by atoms with Crippen LogP contribution in [-0.4, -0.2) is 29.0 Å². The van der Waals surface area contributed by atoms with Crippen molar-refractivity contribution in [2.75, 3.05) is 13.1 Å². The second-order valence-corrected chi connectivity index (χ2v) is 5.99. The summed E-state index contributed by atoms with van der Waals surface area (Å²) in [5, 5.41) is 18.7. The standard InChI is InChI=1S/C14H15BrN2O2/c1-14(9-16)4-6-17(7-5-14)13(19)10-2-3-11(15)12(18)8-10/h2-3,8,18H,4-7H2,1H3. The van der Waals surface area contributed by atoms with Crippen LogP contribution in [0.2, 0.25) is 0 Å². The predicted molar refractivity (Wildman–Crippen MR) is 74.7 cm³/mol. The number of carbonyl (C=O) groups is 1. The third kappa shape index (κ3) is 2.90. The van der Waals surface area contributed by atoms with Crippen LogP contribution >= 0.6 is 15.9 Å². The van der Waals surface area contributed by atoms with Crippen molar-refractivity contribution in [3.05, 3.63) is 28.2 Å². The highest BCUT2D eigenvalue weighted by Crippen LogP contribution is 2.31. The zero-order valence-electron chi connectivity index (χ0n) is 10.7. The molecule has 4 nitrogen and oxygen atoms in total. The molecule has 0 bridgehead atoms. The number of halogens is 1. The smallest absolute Gasteiger partial charge is 0.253 e. The van der Waals surface area contributed by atoms with E-state index in [1.165, 1.54) is 6.07 Å². The van der Waals surface area contributed by atoms with E-state index >= 15 is 0 Å². The molecular weight excluding hydrogens is 308 g/mol. The monoisotopic (exact) mass is 322 g/mol. The first-order chi connectivity index (χ1) is 8.95. The maximum Gasteiger partial charge on any atom is 0.253 e. The van der Waals surface area contributed by atoms with E-state index in [1.807, 2.05) is 6.92 Å². The molecule has 0 aliphatic carbocycles. The summed E-state index contributed by atoms with van der Waals surface area (Å²) < 4.78 is 0.569. The van der Waals surface area contributed by atoms with E-state index in [2.05, 4.69) is 22.0 Å². The zero-order valence-corrected chi connectivity index (χ0v) is 12.3. The van der Waals surface area contributed by atoms with Crippen LogP contribution in [0.3, 0.4) is 0 Å². The Balaban J connectivity index is 2.10. The fourth-order valence-electron chi connectivity index (χ4n) is 2.14. The minimum absolute atomic E-state index is 0.0599. The Morgan fingerprint density at radius 3 is 2.63 bits per heavy atom. The quantitative estimate of drug-likeness (QED) is 0.864. The maximum absolute atomic E-state index is 12.3. The van der Waals surface area contributed by atoms with Crippen molar-refractivity contribution in [1.29, 1.82) is 5.26 Å². The molecular formula is C14H15BrN2O2. The summed E-state index contributed by atoms with van der Waals surface area (Å²) >= 11 is 3.19. The Bertz CT molecular complexity index is 543. The van der Waals surface area contributed by atoms with Gasteiger partial charge in [-0.15, -0.1) is 0 Å². The van der Waals surface area contributed by atoms with Gasteiger partial charge in [0.2, 0.25) is 0 Å². The Morgan fingerprint density at radius 1 is 1.47 bits per heavy atom. The lowest BCUT2D eigenvalue weighted by molar-refractivity contribution is 0.0661. The lowest BCUT2D eigenvalue weighted by Crippen LogP contribution is -2.41. The molecule has 1 fully saturated rings. The van der Waals surface area contributed by atoms with E-state index in [9.17, 15) is 9.90 Å². The number of hydrogen-bond acceptors (Lipinski definition) is 3. The Morgan fingerprint density at radius 2 is 2.11 bits per heavy atom. The first kappa shape index (κ1) is 13.9. The summed E-state index contributed by atoms with van der Waals surface area (Å²) in [4.78, 5) is 14.0. The van der Waals surface area contributed by atoms with E-state index in [0.717, 1.165) is 0 Å². The molecule has 100 valence electrons. The SMILES string of the molecule is CC1(C#N)CCN(C(=O)c2ccc(Br)c(O)c2)CC1. The number of nitriles is 1. The number of carbonyl (C=O) groups excluding carboxylic acids is 1. The van der Waals surface area contributed by atoms with Crippen LogP contribution in [0.1, 0.15) is 30.1 Å². The summed E-state index contributed by atoms with van der Waals surface area (Å²) in [6.45, 7) is 3.10. The predicted octanol–water partition coefficient (Wildman–Crippen LogP) is 2.92. The van der Waals surface area contributed by atoms with Crippen molar-refractivity contribution in [1.82, 2.24) is 4.90 Å². The molecule has 1 aliphatic rings. The zero-order chi connectivity index (χ0) is 14.0. The van der Waals surface area contributed by atoms with Crippen LogP contribution in [0.15, 0.2) is 22.7 Å². The summed E-state index contributed by atoms with van der Waals surface area (Å²) in [5.41, 5.74) is 0.153. The van der Waals surface area contributed by atoms with Gasteiger partial charge in [0, 0.05) is 18.7 Å². The van der Waals surface area contributed by atoms with Crippen molar-refractivity contribution in [2.45, 2.75) is 19.8 Å². The number of phenols is 1. The molecule has 1 aromatic carbocycles. The van der Waals surface area contributed by atoms with E-state index in [1.54, 1.807) is 17.0 Å². The molecule has 1 aromatic rings. The number of phenolic OH excluding ortho intramolecular Hbond substituents is 1. The number of rotatable bonds is 1. The van der Waals surface area contributed by atoms with Gasteiger partial charge in [-0.3, -0.25) is 4.79 Å². The number of benzene rings is 1. The molecule has 0 unspecified atom stereocenters. The van der Waals surface area contributed by atoms with Crippen LogP contribution < -0.4 is 0 Å². The van der Waals surface area contributed by atoms with Crippen LogP contribution in [0, 0.1) is 16.7 Å². The fraction of sp³-hybridized carbons (Fsp3) is 0.429. The first-order valence-corrected chi connectivity index (χ1v) is 6.93. The first-order valence-electron chi connectivity index (χ1n) is 6.14. The number of nitrogens with zero attached hydrogens (tertiary/aromatic N) is 2. The minimum atomic E-state index is -0.321. The van der Waals surface area contributed by atoms with Gasteiger partial charge in [0.25, 0.3) is 5.91 Å². The Labute approximate surface area is 120 Å². The van der Waals surface area contributed by atoms with Crippen LogP contribution in [0.25, 0.3) is 0 Å². The van der Waals surface area contributed by atoms with Gasteiger partial charge in [0.15, 0.2) is 0 Å². The van der Waals surface area contributed by atoms with E-state index in [4.69, 9.17) is 5.26 Å². The molecule has 1 saturated heterocycles. The normalized spacial score (nSPS) is 17.8. The minimum Gasteiger partial charge on any atom is -0.507 e. The van der Waals surface area contributed by atoms with Crippen molar-refractivity contribution >= 4 is 21.8 Å². The van der Waals surface area contributed by atoms with Gasteiger partial charge >= 0.3 is 0 Å². The van der Waals surface area contributed by atoms with Gasteiger partial charge < -0.3 is 10.0 Å². The van der Waals surface area contributed by atoms with E-state index in [0.29, 0.717) is 36.0 Å². The van der Waals surface area contributed by atoms with Gasteiger partial charge in [-0.05, 0) is 53.9 Å². The second-order valence-electron chi connectivity index (χ2n) is 5.13. The summed E-state index contributed by atoms with van der Waals surface area (Å²) in [6, 6.07) is 7.12. The second kappa shape index (κ2) is 5.22. The molecule has 0 spiro atoms. The van der Waals surface area contributed by atoms with Crippen molar-refractivity contribution in [3.63, 3.8) is 0 Å². The summed E-state index contributed by atoms with van der Waals surface area (Å²) in [6.07, 6.45) is 1.38. The third-order valence-corrected chi connectivity index (χ3v) is 4.29. The highest BCUT2D eigenvalue weighted by molar-refractivity contribution is 9.10. The highest BCUT2D eigenvalue weighted by atomic mass is 79.9. The molecule has 0 saturated carbocycles. The fourth-order valence-corrected chi connectivity index (χ4v) is 2.39. The summed E-state index contributed by atoms with van der Waals surface area (Å²) in [7, 11) is 0. The molecule has 1 aliphatic heterocycles. The van der Waals surface area contributed by atoms with Crippen LogP contribution in [-0.2, 0) is 0 Å². The van der Waals surface area contributed by atoms with Gasteiger partial charge in [0.05, 0.1) is 16.0 Å². The van der Waals surface area contributed by atoms with Crippen molar-refractivity contribution in [3.8, 4) is 11.8 Å². The topological polar surface area (TPSA) is 64.3 Å². The van der Waals surface area contributed by atoms with E-state index < -0.39 is 0 Å². The van der Waals surface area contributed by atoms with E-state index in [-0.39, 0.29) is 17.1 Å². The van der Waals surface area contributed by atoms with Gasteiger partial charge in [-0.25, -0.2) is 0 Å². The molecule has 1 N–H and O–H groups in total. The molecule has 1 amide bonds. The number of amides is 1. The number of hydrogen-bond donors (Lipinski definition) is 1. The molecule has 0 radical (unpaired) electrons. The highest BCUT2D eigenvalue weighted by Gasteiger charge is 2.32. The van der Waals surface area contributed by atoms with Gasteiger partial charge in [-0.2, -0.15) is 5.26 Å². The largest absolute Gasteiger partial charge is 0.507 e. The third-order valence-electron chi connectivity index (χ3n) is 3.62. The molecule has 19 heavy (non-hydrogen) atoms.